The lowest BCUT2D eigenvalue weighted by Gasteiger charge is -2.36. The number of benzene rings is 1. The summed E-state index contributed by atoms with van der Waals surface area (Å²) < 4.78 is 5.99. The predicted octanol–water partition coefficient (Wildman–Crippen LogP) is 3.07. The van der Waals surface area contributed by atoms with Crippen LogP contribution in [0, 0.1) is 0 Å². The van der Waals surface area contributed by atoms with Gasteiger partial charge in [-0.3, -0.25) is 9.69 Å². The third-order valence-corrected chi connectivity index (χ3v) is 5.94. The smallest absolute Gasteiger partial charge is 0.253 e. The molecule has 0 spiro atoms. The van der Waals surface area contributed by atoms with Gasteiger partial charge in [0.1, 0.15) is 5.75 Å². The zero-order valence-corrected chi connectivity index (χ0v) is 14.8. The van der Waals surface area contributed by atoms with Crippen molar-refractivity contribution in [2.75, 3.05) is 13.1 Å². The molecule has 0 bridgehead atoms. The molecule has 3 heterocycles. The lowest BCUT2D eigenvalue weighted by Crippen LogP contribution is -2.41. The summed E-state index contributed by atoms with van der Waals surface area (Å²) in [6, 6.07) is 10.8. The molecule has 1 aromatic heterocycles. The van der Waals surface area contributed by atoms with E-state index in [2.05, 4.69) is 27.3 Å². The molecule has 3 aliphatic rings. The average Bonchev–Trinajstić information content (AvgIpc) is 2.84. The predicted molar refractivity (Wildman–Crippen MR) is 98.5 cm³/mol. The van der Waals surface area contributed by atoms with Crippen LogP contribution in [0.4, 0.5) is 0 Å². The van der Waals surface area contributed by atoms with Gasteiger partial charge in [0, 0.05) is 25.2 Å². The number of hydrogen-bond donors (Lipinski definition) is 1. The molecular weight excluding hydrogens is 326 g/mol. The highest BCUT2D eigenvalue weighted by Crippen LogP contribution is 2.30. The molecular formula is C21H23N3O2. The first-order chi connectivity index (χ1) is 12.8. The maximum atomic E-state index is 11.6. The van der Waals surface area contributed by atoms with Gasteiger partial charge >= 0.3 is 0 Å². The van der Waals surface area contributed by atoms with Crippen molar-refractivity contribution in [2.45, 2.75) is 44.7 Å². The number of carbonyl (C=O) groups excluding carboxylic acids is 1. The highest BCUT2D eigenvalue weighted by atomic mass is 16.5. The highest BCUT2D eigenvalue weighted by Gasteiger charge is 2.26. The molecule has 1 N–H and O–H groups in total. The van der Waals surface area contributed by atoms with E-state index in [-0.39, 0.29) is 5.91 Å². The van der Waals surface area contributed by atoms with Crippen LogP contribution in [0.3, 0.4) is 0 Å². The van der Waals surface area contributed by atoms with Gasteiger partial charge in [-0.2, -0.15) is 0 Å². The van der Waals surface area contributed by atoms with E-state index >= 15 is 0 Å². The van der Waals surface area contributed by atoms with Crippen molar-refractivity contribution in [1.29, 1.82) is 0 Å². The molecule has 0 atom stereocenters. The summed E-state index contributed by atoms with van der Waals surface area (Å²) in [5, 5.41) is 2.78. The number of pyridine rings is 1. The lowest BCUT2D eigenvalue weighted by molar-refractivity contribution is 0.0966. The minimum Gasteiger partial charge on any atom is -0.439 e. The van der Waals surface area contributed by atoms with Crippen LogP contribution in [0.5, 0.6) is 11.6 Å². The SMILES string of the molecule is O=C1NCc2nc(Oc3ccc4c(c3)CCN(C3CCC3)CC4)ccc21. The molecule has 1 fully saturated rings. The van der Waals surface area contributed by atoms with Crippen molar-refractivity contribution < 1.29 is 9.53 Å². The van der Waals surface area contributed by atoms with E-state index in [4.69, 9.17) is 4.74 Å². The first-order valence-corrected chi connectivity index (χ1v) is 9.58. The number of carbonyl (C=O) groups is 1. The van der Waals surface area contributed by atoms with Crippen molar-refractivity contribution >= 4 is 5.91 Å². The van der Waals surface area contributed by atoms with Gasteiger partial charge in [0.25, 0.3) is 5.91 Å². The molecule has 26 heavy (non-hydrogen) atoms. The fraction of sp³-hybridized carbons (Fsp3) is 0.429. The summed E-state index contributed by atoms with van der Waals surface area (Å²) in [5.41, 5.74) is 4.24. The van der Waals surface area contributed by atoms with Crippen LogP contribution in [0.2, 0.25) is 0 Å². The lowest BCUT2D eigenvalue weighted by atomic mass is 9.91. The normalized spacial score (nSPS) is 19.9. The molecule has 134 valence electrons. The van der Waals surface area contributed by atoms with E-state index in [0.29, 0.717) is 18.0 Å². The number of hydrogen-bond acceptors (Lipinski definition) is 4. The van der Waals surface area contributed by atoms with Gasteiger partial charge in [0.2, 0.25) is 5.88 Å². The molecule has 1 aromatic carbocycles. The Morgan fingerprint density at radius 1 is 1.08 bits per heavy atom. The third-order valence-electron chi connectivity index (χ3n) is 5.94. The Labute approximate surface area is 153 Å². The number of rotatable bonds is 3. The van der Waals surface area contributed by atoms with Gasteiger partial charge in [-0.25, -0.2) is 4.98 Å². The minimum atomic E-state index is -0.0555. The molecule has 2 aliphatic heterocycles. The monoisotopic (exact) mass is 349 g/mol. The zero-order chi connectivity index (χ0) is 17.5. The first kappa shape index (κ1) is 15.8. The molecule has 1 amide bonds. The van der Waals surface area contributed by atoms with Crippen molar-refractivity contribution in [3.63, 3.8) is 0 Å². The van der Waals surface area contributed by atoms with Crippen molar-refractivity contribution in [3.05, 3.63) is 52.7 Å². The maximum absolute atomic E-state index is 11.6. The summed E-state index contributed by atoms with van der Waals surface area (Å²) in [5.74, 6) is 1.32. The maximum Gasteiger partial charge on any atom is 0.253 e. The molecule has 1 aliphatic carbocycles. The largest absolute Gasteiger partial charge is 0.439 e. The molecule has 5 nitrogen and oxygen atoms in total. The number of ether oxygens (including phenoxy) is 1. The second-order valence-corrected chi connectivity index (χ2v) is 7.48. The Bertz CT molecular complexity index is 860. The van der Waals surface area contributed by atoms with Crippen LogP contribution in [0.25, 0.3) is 0 Å². The number of nitrogens with one attached hydrogen (secondary N) is 1. The minimum absolute atomic E-state index is 0.0555. The van der Waals surface area contributed by atoms with Crippen LogP contribution in [0.1, 0.15) is 46.4 Å². The van der Waals surface area contributed by atoms with Crippen LogP contribution >= 0.6 is 0 Å². The molecule has 0 unspecified atom stereocenters. The summed E-state index contributed by atoms with van der Waals surface area (Å²) in [4.78, 5) is 18.8. The number of nitrogens with zero attached hydrogens (tertiary/aromatic N) is 2. The van der Waals surface area contributed by atoms with Gasteiger partial charge in [0.05, 0.1) is 17.8 Å². The van der Waals surface area contributed by atoms with Gasteiger partial charge in [-0.1, -0.05) is 12.5 Å². The molecule has 0 radical (unpaired) electrons. The van der Waals surface area contributed by atoms with Crippen molar-refractivity contribution in [1.82, 2.24) is 15.2 Å². The second-order valence-electron chi connectivity index (χ2n) is 7.48. The molecule has 0 saturated heterocycles. The molecule has 5 heteroatoms. The second kappa shape index (κ2) is 6.40. The van der Waals surface area contributed by atoms with E-state index in [0.717, 1.165) is 36.9 Å². The Morgan fingerprint density at radius 3 is 2.73 bits per heavy atom. The summed E-state index contributed by atoms with van der Waals surface area (Å²) in [7, 11) is 0. The van der Waals surface area contributed by atoms with Gasteiger partial charge in [-0.05, 0) is 55.0 Å². The van der Waals surface area contributed by atoms with E-state index in [1.165, 1.54) is 36.9 Å². The average molecular weight is 349 g/mol. The highest BCUT2D eigenvalue weighted by molar-refractivity contribution is 5.97. The number of fused-ring (bicyclic) bond motifs is 2. The Balaban J connectivity index is 1.32. The zero-order valence-electron chi connectivity index (χ0n) is 14.8. The molecule has 2 aromatic rings. The van der Waals surface area contributed by atoms with E-state index in [1.807, 2.05) is 6.07 Å². The fourth-order valence-electron chi connectivity index (χ4n) is 4.16. The first-order valence-electron chi connectivity index (χ1n) is 9.58. The van der Waals surface area contributed by atoms with Crippen molar-refractivity contribution in [2.24, 2.45) is 0 Å². The van der Waals surface area contributed by atoms with Crippen LogP contribution < -0.4 is 10.1 Å². The number of aromatic nitrogens is 1. The fourth-order valence-corrected chi connectivity index (χ4v) is 4.16. The van der Waals surface area contributed by atoms with E-state index < -0.39 is 0 Å². The van der Waals surface area contributed by atoms with Gasteiger partial charge < -0.3 is 10.1 Å². The summed E-state index contributed by atoms with van der Waals surface area (Å²) in [6.45, 7) is 2.80. The van der Waals surface area contributed by atoms with E-state index in [1.54, 1.807) is 12.1 Å². The van der Waals surface area contributed by atoms with Gasteiger partial charge in [-0.15, -0.1) is 0 Å². The quantitative estimate of drug-likeness (QED) is 0.925. The summed E-state index contributed by atoms with van der Waals surface area (Å²) in [6.07, 6.45) is 6.33. The Hall–Kier alpha value is -2.40. The third kappa shape index (κ3) is 2.86. The van der Waals surface area contributed by atoms with Crippen LogP contribution in [-0.2, 0) is 19.4 Å². The van der Waals surface area contributed by atoms with Crippen LogP contribution in [0.15, 0.2) is 30.3 Å². The Kier molecular flexibility index (Phi) is 3.89. The van der Waals surface area contributed by atoms with Crippen LogP contribution in [-0.4, -0.2) is 34.9 Å². The standard InChI is InChI=1S/C21H23N3O2/c25-21-18-6-7-20(23-19(18)13-22-21)26-17-5-4-14-8-10-24(16-2-1-3-16)11-9-15(14)12-17/h4-7,12,16H,1-3,8-11,13H2,(H,22,25). The molecule has 5 rings (SSSR count). The van der Waals surface area contributed by atoms with Crippen molar-refractivity contribution in [3.8, 4) is 11.6 Å². The number of amides is 1. The Morgan fingerprint density at radius 2 is 1.92 bits per heavy atom. The van der Waals surface area contributed by atoms with Gasteiger partial charge in [0.15, 0.2) is 0 Å². The molecule has 1 saturated carbocycles. The summed E-state index contributed by atoms with van der Waals surface area (Å²) >= 11 is 0. The topological polar surface area (TPSA) is 54.5 Å². The van der Waals surface area contributed by atoms with E-state index in [9.17, 15) is 4.79 Å².